The van der Waals surface area contributed by atoms with Gasteiger partial charge in [0.1, 0.15) is 18.0 Å². The van der Waals surface area contributed by atoms with Crippen molar-refractivity contribution in [2.24, 2.45) is 0 Å². The van der Waals surface area contributed by atoms with Gasteiger partial charge in [0.05, 0.1) is 6.33 Å². The molecule has 1 aliphatic rings. The van der Waals surface area contributed by atoms with Gasteiger partial charge in [0.25, 0.3) is 5.91 Å². The van der Waals surface area contributed by atoms with Crippen molar-refractivity contribution in [1.82, 2.24) is 5.32 Å². The van der Waals surface area contributed by atoms with Gasteiger partial charge in [-0.3, -0.25) is 4.79 Å². The molecule has 6 nitrogen and oxygen atoms in total. The Bertz CT molecular complexity index is 1050. The summed E-state index contributed by atoms with van der Waals surface area (Å²) >= 11 is 0. The highest BCUT2D eigenvalue weighted by molar-refractivity contribution is 6.09. The van der Waals surface area contributed by atoms with E-state index in [0.29, 0.717) is 30.6 Å². The van der Waals surface area contributed by atoms with E-state index in [-0.39, 0.29) is 24.6 Å². The van der Waals surface area contributed by atoms with Crippen molar-refractivity contribution in [2.45, 2.75) is 46.6 Å². The Morgan fingerprint density at radius 2 is 1.88 bits per heavy atom. The zero-order chi connectivity index (χ0) is 24.2. The Balaban J connectivity index is 1.63. The molecule has 3 rings (SSSR count). The molecule has 7 heteroatoms. The number of carbonyl (C=O) groups excluding carboxylic acids is 2. The van der Waals surface area contributed by atoms with E-state index in [1.807, 2.05) is 43.0 Å². The molecule has 33 heavy (non-hydrogen) atoms. The van der Waals surface area contributed by atoms with Crippen LogP contribution in [-0.2, 0) is 11.2 Å². The number of fused-ring (bicyclic) bond motifs is 1. The number of anilines is 1. The number of benzene rings is 2. The number of nitrogens with one attached hydrogen (secondary N) is 1. The van der Waals surface area contributed by atoms with E-state index in [1.54, 1.807) is 32.9 Å². The van der Waals surface area contributed by atoms with Gasteiger partial charge >= 0.3 is 6.09 Å². The van der Waals surface area contributed by atoms with Gasteiger partial charge in [0.2, 0.25) is 0 Å². The first-order valence-electron chi connectivity index (χ1n) is 11.0. The van der Waals surface area contributed by atoms with Crippen LogP contribution in [0, 0.1) is 13.8 Å². The van der Waals surface area contributed by atoms with E-state index in [0.717, 1.165) is 22.4 Å². The van der Waals surface area contributed by atoms with Gasteiger partial charge in [-0.25, -0.2) is 9.18 Å². The minimum Gasteiger partial charge on any atom is -0.489 e. The Kier molecular flexibility index (Phi) is 7.41. The second kappa shape index (κ2) is 10.1. The lowest BCUT2D eigenvalue weighted by molar-refractivity contribution is 0.0531. The van der Waals surface area contributed by atoms with E-state index >= 15 is 0 Å². The fourth-order valence-electron chi connectivity index (χ4n) is 3.80. The third-order valence-corrected chi connectivity index (χ3v) is 5.30. The summed E-state index contributed by atoms with van der Waals surface area (Å²) in [7, 11) is 0. The van der Waals surface area contributed by atoms with Gasteiger partial charge in [-0.1, -0.05) is 18.2 Å². The number of alkyl carbamates (subject to hydrolysis) is 1. The first-order valence-corrected chi connectivity index (χ1v) is 11.0. The third-order valence-electron chi connectivity index (χ3n) is 5.30. The van der Waals surface area contributed by atoms with E-state index in [2.05, 4.69) is 5.32 Å². The molecular formula is C26H31FN2O4. The molecule has 0 saturated heterocycles. The summed E-state index contributed by atoms with van der Waals surface area (Å²) in [5, 5.41) is 2.51. The molecule has 1 aliphatic heterocycles. The number of hydrogen-bond donors (Lipinski definition) is 1. The molecular weight excluding hydrogens is 423 g/mol. The Morgan fingerprint density at radius 3 is 2.52 bits per heavy atom. The molecule has 0 fully saturated rings. The van der Waals surface area contributed by atoms with Crippen LogP contribution in [-0.4, -0.2) is 37.3 Å². The largest absolute Gasteiger partial charge is 0.489 e. The fourth-order valence-corrected chi connectivity index (χ4v) is 3.80. The number of rotatable bonds is 6. The second-order valence-electron chi connectivity index (χ2n) is 9.18. The van der Waals surface area contributed by atoms with Crippen molar-refractivity contribution < 1.29 is 23.5 Å². The SMILES string of the molecule is Cc1cccc(C)c1N1CCc2cc(OC/C(=C\F)CNC(=O)OC(C)(C)C)ccc2C1=O. The summed E-state index contributed by atoms with van der Waals surface area (Å²) in [6, 6.07) is 11.3. The van der Waals surface area contributed by atoms with E-state index in [9.17, 15) is 14.0 Å². The van der Waals surface area contributed by atoms with Crippen LogP contribution >= 0.6 is 0 Å². The van der Waals surface area contributed by atoms with Crippen molar-refractivity contribution in [3.05, 3.63) is 70.6 Å². The van der Waals surface area contributed by atoms with Gasteiger partial charge < -0.3 is 19.7 Å². The number of para-hydroxylation sites is 1. The number of ether oxygens (including phenoxy) is 2. The number of amides is 2. The molecule has 0 saturated carbocycles. The van der Waals surface area contributed by atoms with Crippen molar-refractivity contribution >= 4 is 17.7 Å². The van der Waals surface area contributed by atoms with Crippen LogP contribution in [0.25, 0.3) is 0 Å². The molecule has 1 N–H and O–H groups in total. The lowest BCUT2D eigenvalue weighted by Gasteiger charge is -2.31. The molecule has 0 unspecified atom stereocenters. The molecule has 2 aromatic rings. The monoisotopic (exact) mass is 454 g/mol. The quantitative estimate of drug-likeness (QED) is 0.646. The zero-order valence-electron chi connectivity index (χ0n) is 19.8. The lowest BCUT2D eigenvalue weighted by Crippen LogP contribution is -2.38. The highest BCUT2D eigenvalue weighted by atomic mass is 19.1. The first kappa shape index (κ1) is 24.3. The average molecular weight is 455 g/mol. The van der Waals surface area contributed by atoms with Crippen molar-refractivity contribution in [1.29, 1.82) is 0 Å². The van der Waals surface area contributed by atoms with E-state index in [4.69, 9.17) is 9.47 Å². The van der Waals surface area contributed by atoms with Gasteiger partial charge in [0, 0.05) is 29.9 Å². The smallest absolute Gasteiger partial charge is 0.407 e. The van der Waals surface area contributed by atoms with Gasteiger partial charge in [-0.2, -0.15) is 0 Å². The fraction of sp³-hybridized carbons (Fsp3) is 0.385. The maximum Gasteiger partial charge on any atom is 0.407 e. The van der Waals surface area contributed by atoms with Crippen LogP contribution in [0.3, 0.4) is 0 Å². The van der Waals surface area contributed by atoms with Crippen LogP contribution in [0.1, 0.15) is 47.8 Å². The third kappa shape index (κ3) is 6.12. The predicted molar refractivity (Wildman–Crippen MR) is 127 cm³/mol. The van der Waals surface area contributed by atoms with Crippen LogP contribution < -0.4 is 15.0 Å². The van der Waals surface area contributed by atoms with Crippen molar-refractivity contribution in [2.75, 3.05) is 24.6 Å². The summed E-state index contributed by atoms with van der Waals surface area (Å²) in [5.41, 5.74) is 4.27. The number of hydrogen-bond acceptors (Lipinski definition) is 4. The standard InChI is InChI=1S/C26H31FN2O4/c1-17-7-6-8-18(2)23(17)29-12-11-20-13-21(9-10-22(20)24(29)30)32-16-19(14-27)15-28-25(31)33-26(3,4)5/h6-10,13-14H,11-12,15-16H2,1-5H3,(H,28,31)/b19-14-. The molecule has 0 aliphatic carbocycles. The maximum atomic E-state index is 13.3. The molecule has 2 amide bonds. The van der Waals surface area contributed by atoms with E-state index < -0.39 is 11.7 Å². The van der Waals surface area contributed by atoms with Crippen LogP contribution in [0.2, 0.25) is 0 Å². The number of halogens is 1. The molecule has 0 bridgehead atoms. The predicted octanol–water partition coefficient (Wildman–Crippen LogP) is 5.26. The minimum absolute atomic E-state index is 0.0282. The molecule has 0 atom stereocenters. The summed E-state index contributed by atoms with van der Waals surface area (Å²) in [6.07, 6.45) is 0.488. The van der Waals surface area contributed by atoms with Crippen LogP contribution in [0.4, 0.5) is 14.9 Å². The summed E-state index contributed by atoms with van der Waals surface area (Å²) in [5.74, 6) is 0.504. The topological polar surface area (TPSA) is 67.9 Å². The normalized spacial score (nSPS) is 14.1. The van der Waals surface area contributed by atoms with Crippen LogP contribution in [0.15, 0.2) is 48.3 Å². The van der Waals surface area contributed by atoms with Crippen molar-refractivity contribution in [3.8, 4) is 5.75 Å². The van der Waals surface area contributed by atoms with Gasteiger partial charge in [-0.05, 0) is 75.9 Å². The lowest BCUT2D eigenvalue weighted by atomic mass is 9.96. The average Bonchev–Trinajstić information content (AvgIpc) is 2.74. The summed E-state index contributed by atoms with van der Waals surface area (Å²) in [4.78, 5) is 26.8. The summed E-state index contributed by atoms with van der Waals surface area (Å²) < 4.78 is 24.1. The summed E-state index contributed by atoms with van der Waals surface area (Å²) in [6.45, 7) is 9.80. The van der Waals surface area contributed by atoms with Gasteiger partial charge in [-0.15, -0.1) is 0 Å². The molecule has 0 aromatic heterocycles. The molecule has 0 spiro atoms. The number of nitrogens with zero attached hydrogens (tertiary/aromatic N) is 1. The zero-order valence-corrected chi connectivity index (χ0v) is 19.8. The molecule has 1 heterocycles. The Morgan fingerprint density at radius 1 is 1.18 bits per heavy atom. The maximum absolute atomic E-state index is 13.3. The highest BCUT2D eigenvalue weighted by Gasteiger charge is 2.27. The second-order valence-corrected chi connectivity index (χ2v) is 9.18. The van der Waals surface area contributed by atoms with Crippen LogP contribution in [0.5, 0.6) is 5.75 Å². The van der Waals surface area contributed by atoms with E-state index in [1.165, 1.54) is 0 Å². The highest BCUT2D eigenvalue weighted by Crippen LogP contribution is 2.31. The molecule has 2 aromatic carbocycles. The molecule has 0 radical (unpaired) electrons. The molecule has 176 valence electrons. The minimum atomic E-state index is -0.631. The number of aryl methyl sites for hydroxylation is 2. The Hall–Kier alpha value is -3.35. The Labute approximate surface area is 194 Å². The number of carbonyl (C=O) groups is 2. The first-order chi connectivity index (χ1) is 15.6. The van der Waals surface area contributed by atoms with Crippen molar-refractivity contribution in [3.63, 3.8) is 0 Å². The van der Waals surface area contributed by atoms with Gasteiger partial charge in [0.15, 0.2) is 0 Å².